The topological polar surface area (TPSA) is 20.2 Å². The molecule has 0 aliphatic heterocycles. The summed E-state index contributed by atoms with van der Waals surface area (Å²) in [6, 6.07) is 0. The molecule has 4 heteroatoms. The minimum absolute atomic E-state index is 0.532. The Morgan fingerprint density at radius 3 is 1.71 bits per heavy atom. The van der Waals surface area contributed by atoms with Gasteiger partial charge in [0.15, 0.2) is 0 Å². The molecule has 0 aromatic rings. The van der Waals surface area contributed by atoms with Crippen LogP contribution in [-0.4, -0.2) is 17.5 Å². The van der Waals surface area contributed by atoms with E-state index in [2.05, 4.69) is 0 Å². The average Bonchev–Trinajstić information content (AvgIpc) is 1.31. The molecule has 7 heavy (non-hydrogen) atoms. The standard InChI is InChI=1S/C3H8Cl2OSi/c1-3(6)7(2,4)5/h3,6H,1-2H3. The second kappa shape index (κ2) is 2.35. The predicted octanol–water partition coefficient (Wildman–Crippen LogP) is 1.46. The van der Waals surface area contributed by atoms with Crippen molar-refractivity contribution in [1.29, 1.82) is 0 Å². The highest BCUT2D eigenvalue weighted by Crippen LogP contribution is 2.17. The Balaban J connectivity index is 3.54. The second-order valence-corrected chi connectivity index (χ2v) is 9.67. The van der Waals surface area contributed by atoms with Gasteiger partial charge in [-0.15, -0.1) is 22.2 Å². The molecular formula is C3H8Cl2OSi. The summed E-state index contributed by atoms with van der Waals surface area (Å²) in [7, 11) is 0. The van der Waals surface area contributed by atoms with Crippen LogP contribution in [0.4, 0.5) is 0 Å². The fourth-order valence-electron chi connectivity index (χ4n) is 0. The first-order chi connectivity index (χ1) is 2.94. The number of hydrogen-bond acceptors (Lipinski definition) is 1. The van der Waals surface area contributed by atoms with Crippen LogP contribution in [0, 0.1) is 0 Å². The van der Waals surface area contributed by atoms with Gasteiger partial charge in [0.2, 0.25) is 0 Å². The Labute approximate surface area is 53.7 Å². The van der Waals surface area contributed by atoms with Crippen molar-refractivity contribution in [3.05, 3.63) is 0 Å². The highest BCUT2D eigenvalue weighted by atomic mass is 35.7. The minimum atomic E-state index is -2.23. The molecule has 0 heterocycles. The summed E-state index contributed by atoms with van der Waals surface area (Å²) in [5.41, 5.74) is -0.532. The smallest absolute Gasteiger partial charge is 0.275 e. The van der Waals surface area contributed by atoms with Crippen LogP contribution in [0.3, 0.4) is 0 Å². The van der Waals surface area contributed by atoms with Gasteiger partial charge in [-0.05, 0) is 13.5 Å². The third-order valence-corrected chi connectivity index (χ3v) is 4.10. The second-order valence-electron chi connectivity index (χ2n) is 1.63. The van der Waals surface area contributed by atoms with Gasteiger partial charge in [0, 0.05) is 0 Å². The van der Waals surface area contributed by atoms with Crippen molar-refractivity contribution in [2.45, 2.75) is 19.2 Å². The van der Waals surface area contributed by atoms with Crippen LogP contribution in [0.25, 0.3) is 0 Å². The molecule has 1 unspecified atom stereocenters. The molecule has 0 amide bonds. The van der Waals surface area contributed by atoms with Gasteiger partial charge in [0.25, 0.3) is 6.69 Å². The number of hydrogen-bond donors (Lipinski definition) is 1. The van der Waals surface area contributed by atoms with Gasteiger partial charge < -0.3 is 5.11 Å². The Hall–Kier alpha value is 0.757. The summed E-state index contributed by atoms with van der Waals surface area (Å²) >= 11 is 11.0. The molecule has 0 aromatic heterocycles. The SMILES string of the molecule is CC(O)[Si](C)(Cl)Cl. The lowest BCUT2D eigenvalue weighted by Gasteiger charge is -2.11. The molecule has 1 atom stereocenters. The Morgan fingerprint density at radius 1 is 1.57 bits per heavy atom. The van der Waals surface area contributed by atoms with Crippen LogP contribution in [0.1, 0.15) is 6.92 Å². The molecule has 0 radical (unpaired) electrons. The lowest BCUT2D eigenvalue weighted by atomic mass is 10.9. The summed E-state index contributed by atoms with van der Waals surface area (Å²) in [4.78, 5) is 0. The van der Waals surface area contributed by atoms with Crippen molar-refractivity contribution in [3.8, 4) is 0 Å². The molecule has 0 rings (SSSR count). The monoisotopic (exact) mass is 158 g/mol. The van der Waals surface area contributed by atoms with Crippen molar-refractivity contribution in [2.24, 2.45) is 0 Å². The minimum Gasteiger partial charge on any atom is -0.394 e. The van der Waals surface area contributed by atoms with E-state index in [0.29, 0.717) is 0 Å². The maximum atomic E-state index is 8.69. The first kappa shape index (κ1) is 7.76. The van der Waals surface area contributed by atoms with Gasteiger partial charge in [-0.25, -0.2) is 0 Å². The molecule has 0 bridgehead atoms. The summed E-state index contributed by atoms with van der Waals surface area (Å²) in [5.74, 6) is 0. The van der Waals surface area contributed by atoms with E-state index >= 15 is 0 Å². The maximum absolute atomic E-state index is 8.69. The fraction of sp³-hybridized carbons (Fsp3) is 1.00. The molecule has 0 spiro atoms. The van der Waals surface area contributed by atoms with Gasteiger partial charge >= 0.3 is 0 Å². The van der Waals surface area contributed by atoms with Crippen LogP contribution >= 0.6 is 22.2 Å². The summed E-state index contributed by atoms with van der Waals surface area (Å²) < 4.78 is 0. The van der Waals surface area contributed by atoms with Crippen LogP contribution in [0.5, 0.6) is 0 Å². The largest absolute Gasteiger partial charge is 0.394 e. The maximum Gasteiger partial charge on any atom is 0.275 e. The fourth-order valence-corrected chi connectivity index (χ4v) is 0. The highest BCUT2D eigenvalue weighted by molar-refractivity contribution is 7.45. The van der Waals surface area contributed by atoms with E-state index in [1.165, 1.54) is 0 Å². The van der Waals surface area contributed by atoms with Crippen molar-refractivity contribution in [3.63, 3.8) is 0 Å². The Morgan fingerprint density at radius 2 is 1.71 bits per heavy atom. The quantitative estimate of drug-likeness (QED) is 0.453. The summed E-state index contributed by atoms with van der Waals surface area (Å²) in [6.45, 7) is 1.05. The van der Waals surface area contributed by atoms with E-state index in [0.717, 1.165) is 0 Å². The number of rotatable bonds is 1. The molecule has 0 aliphatic rings. The van der Waals surface area contributed by atoms with Gasteiger partial charge in [-0.2, -0.15) is 0 Å². The van der Waals surface area contributed by atoms with Crippen LogP contribution in [-0.2, 0) is 0 Å². The predicted molar refractivity (Wildman–Crippen MR) is 35.0 cm³/mol. The van der Waals surface area contributed by atoms with Crippen molar-refractivity contribution >= 4 is 28.9 Å². The third-order valence-electron chi connectivity index (χ3n) is 0.734. The van der Waals surface area contributed by atoms with Crippen LogP contribution in [0.15, 0.2) is 0 Å². The van der Waals surface area contributed by atoms with Crippen molar-refractivity contribution in [2.75, 3.05) is 0 Å². The molecule has 0 fully saturated rings. The molecule has 0 aliphatic carbocycles. The first-order valence-corrected chi connectivity index (χ1v) is 6.60. The zero-order valence-electron chi connectivity index (χ0n) is 4.28. The summed E-state index contributed by atoms with van der Waals surface area (Å²) in [5, 5.41) is 8.69. The van der Waals surface area contributed by atoms with Crippen LogP contribution < -0.4 is 0 Å². The first-order valence-electron chi connectivity index (χ1n) is 2.00. The molecule has 1 N–H and O–H groups in total. The molecule has 0 aromatic carbocycles. The van der Waals surface area contributed by atoms with E-state index in [4.69, 9.17) is 27.3 Å². The molecule has 0 saturated heterocycles. The molecule has 44 valence electrons. The summed E-state index contributed by atoms with van der Waals surface area (Å²) in [6.07, 6.45) is 0. The van der Waals surface area contributed by atoms with E-state index in [1.54, 1.807) is 13.5 Å². The van der Waals surface area contributed by atoms with Gasteiger partial charge in [-0.1, -0.05) is 0 Å². The van der Waals surface area contributed by atoms with Crippen LogP contribution in [0.2, 0.25) is 6.55 Å². The van der Waals surface area contributed by atoms with Crippen molar-refractivity contribution < 1.29 is 5.11 Å². The van der Waals surface area contributed by atoms with Gasteiger partial charge in [-0.3, -0.25) is 0 Å². The third kappa shape index (κ3) is 3.35. The van der Waals surface area contributed by atoms with Crippen molar-refractivity contribution in [1.82, 2.24) is 0 Å². The average molecular weight is 159 g/mol. The molecule has 0 saturated carbocycles. The Bertz CT molecular complexity index is 58.4. The van der Waals surface area contributed by atoms with E-state index in [1.807, 2.05) is 0 Å². The molecule has 1 nitrogen and oxygen atoms in total. The van der Waals surface area contributed by atoms with E-state index in [9.17, 15) is 0 Å². The highest BCUT2D eigenvalue weighted by Gasteiger charge is 2.27. The zero-order valence-corrected chi connectivity index (χ0v) is 6.79. The van der Waals surface area contributed by atoms with E-state index < -0.39 is 12.4 Å². The number of aliphatic hydroxyl groups excluding tert-OH is 1. The Kier molecular flexibility index (Phi) is 2.61. The normalized spacial score (nSPS) is 16.7. The number of halogens is 2. The number of aliphatic hydroxyl groups is 1. The zero-order chi connectivity index (χ0) is 6.08. The van der Waals surface area contributed by atoms with Gasteiger partial charge in [0.05, 0.1) is 5.73 Å². The lowest BCUT2D eigenvalue weighted by Crippen LogP contribution is -2.29. The van der Waals surface area contributed by atoms with E-state index in [-0.39, 0.29) is 0 Å². The lowest BCUT2D eigenvalue weighted by molar-refractivity contribution is 0.269. The molecular weight excluding hydrogens is 151 g/mol. The van der Waals surface area contributed by atoms with Gasteiger partial charge in [0.1, 0.15) is 0 Å².